The second kappa shape index (κ2) is 14.3. The number of benzene rings is 4. The van der Waals surface area contributed by atoms with E-state index in [2.05, 4.69) is 53.7 Å². The monoisotopic (exact) mass is 733 g/mol. The Bertz CT molecular complexity index is 2630. The van der Waals surface area contributed by atoms with E-state index < -0.39 is 5.97 Å². The van der Waals surface area contributed by atoms with Gasteiger partial charge >= 0.3 is 0 Å². The molecule has 4 aliphatic rings. The topological polar surface area (TPSA) is 166 Å². The lowest BCUT2D eigenvalue weighted by atomic mass is 9.88. The second-order valence-corrected chi connectivity index (χ2v) is 14.3. The first kappa shape index (κ1) is 34.2. The van der Waals surface area contributed by atoms with Crippen LogP contribution >= 0.6 is 0 Å². The van der Waals surface area contributed by atoms with Crippen LogP contribution in [0.3, 0.4) is 0 Å². The molecule has 55 heavy (non-hydrogen) atoms. The molecule has 0 unspecified atom stereocenters. The summed E-state index contributed by atoms with van der Waals surface area (Å²) in [4.78, 5) is 44.2. The molecule has 0 bridgehead atoms. The molecule has 0 amide bonds. The van der Waals surface area contributed by atoms with Crippen LogP contribution in [0.15, 0.2) is 89.6 Å². The predicted molar refractivity (Wildman–Crippen MR) is 208 cm³/mol. The minimum Gasteiger partial charge on any atom is -0.545 e. The maximum absolute atomic E-state index is 13.8. The van der Waals surface area contributed by atoms with Gasteiger partial charge in [-0.1, -0.05) is 36.4 Å². The molecule has 0 spiro atoms. The normalized spacial score (nSPS) is 14.4. The van der Waals surface area contributed by atoms with Crippen LogP contribution in [0.4, 0.5) is 11.6 Å². The zero-order valence-electron chi connectivity index (χ0n) is 30.2. The largest absolute Gasteiger partial charge is 0.545 e. The summed E-state index contributed by atoms with van der Waals surface area (Å²) in [5.41, 5.74) is 12.8. The van der Waals surface area contributed by atoms with Gasteiger partial charge in [-0.15, -0.1) is 0 Å². The van der Waals surface area contributed by atoms with Crippen LogP contribution in [0.2, 0.25) is 0 Å². The van der Waals surface area contributed by atoms with E-state index in [9.17, 15) is 14.7 Å². The lowest BCUT2D eigenvalue weighted by Crippen LogP contribution is -2.26. The SMILES string of the molecule is Nc1nc(OCc2ccc(CCC(=O)c3ccc(C(=O)[O-])c(-c4c5ccc(=[N+]6CCCC6)cc-5oc5cc(N6CCCC6)ccc45)c3)cc2)c2[nH]cnc2n1. The number of carbonyl (C=O) groups is 2. The molecule has 2 saturated heterocycles. The average molecular weight is 734 g/mol. The van der Waals surface area contributed by atoms with Gasteiger partial charge in [0.15, 0.2) is 11.4 Å². The number of aromatic amines is 1. The number of aromatic nitrogens is 4. The third-order valence-electron chi connectivity index (χ3n) is 10.8. The summed E-state index contributed by atoms with van der Waals surface area (Å²) in [7, 11) is 0. The molecule has 3 aromatic carbocycles. The standard InChI is InChI=1S/C43H39N7O5/c44-43-47-40-39(45-25-46-40)41(48-43)54-24-27-7-5-26(6-8-27)9-16-35(51)28-10-13-31(42(52)53)34(21-28)38-32-14-11-29(49-17-1-2-18-49)22-36(32)55-37-23-30(12-15-33(37)38)50-19-3-4-20-50/h5-8,10-15,21-23,25H,1-4,9,16-20,24H2,(H3-,44,45,46,47,48,52,53). The fourth-order valence-electron chi connectivity index (χ4n) is 7.89. The lowest BCUT2D eigenvalue weighted by molar-refractivity contribution is -0.254. The Balaban J connectivity index is 1.01. The molecule has 0 saturated carbocycles. The number of carboxylic acids is 1. The number of fused-ring (bicyclic) bond motifs is 3. The summed E-state index contributed by atoms with van der Waals surface area (Å²) in [5, 5.41) is 14.5. The number of nitrogens with two attached hydrogens (primary N) is 1. The summed E-state index contributed by atoms with van der Waals surface area (Å²) in [6.07, 6.45) is 6.83. The van der Waals surface area contributed by atoms with E-state index in [-0.39, 0.29) is 30.3 Å². The number of nitrogen functional groups attached to an aromatic ring is 1. The van der Waals surface area contributed by atoms with E-state index in [1.165, 1.54) is 12.4 Å². The first-order valence-electron chi connectivity index (χ1n) is 18.8. The maximum atomic E-state index is 13.8. The van der Waals surface area contributed by atoms with Crippen LogP contribution in [0.25, 0.3) is 44.6 Å². The van der Waals surface area contributed by atoms with Crippen LogP contribution in [0.1, 0.15) is 63.9 Å². The molecule has 5 heterocycles. The molecule has 5 aromatic rings. The Morgan fingerprint density at radius 2 is 1.69 bits per heavy atom. The number of hydrogen-bond acceptors (Lipinski definition) is 10. The Labute approximate surface area is 316 Å². The number of imidazole rings is 1. The average Bonchev–Trinajstić information content (AvgIpc) is 4.02. The molecule has 3 N–H and O–H groups in total. The van der Waals surface area contributed by atoms with Crippen molar-refractivity contribution in [2.75, 3.05) is 36.8 Å². The lowest BCUT2D eigenvalue weighted by Gasteiger charge is -2.21. The van der Waals surface area contributed by atoms with E-state index in [1.807, 2.05) is 36.4 Å². The molecule has 2 fully saturated rings. The van der Waals surface area contributed by atoms with Gasteiger partial charge in [0.25, 0.3) is 0 Å². The van der Waals surface area contributed by atoms with Crippen LogP contribution in [0.5, 0.6) is 5.88 Å². The summed E-state index contributed by atoms with van der Waals surface area (Å²) in [6, 6.07) is 24.9. The zero-order valence-corrected chi connectivity index (χ0v) is 30.2. The molecular weight excluding hydrogens is 695 g/mol. The van der Waals surface area contributed by atoms with Crippen LogP contribution in [0, 0.1) is 0 Å². The van der Waals surface area contributed by atoms with Crippen molar-refractivity contribution in [3.63, 3.8) is 0 Å². The van der Waals surface area contributed by atoms with Crippen molar-refractivity contribution in [1.29, 1.82) is 0 Å². The smallest absolute Gasteiger partial charge is 0.245 e. The molecule has 276 valence electrons. The molecule has 2 aromatic heterocycles. The fraction of sp³-hybridized carbons (Fsp3) is 0.256. The van der Waals surface area contributed by atoms with Crippen molar-refractivity contribution < 1.29 is 23.8 Å². The Morgan fingerprint density at radius 1 is 0.891 bits per heavy atom. The van der Waals surface area contributed by atoms with Gasteiger partial charge in [0, 0.05) is 77.8 Å². The first-order chi connectivity index (χ1) is 26.9. The number of carbonyl (C=O) groups excluding carboxylic acids is 2. The maximum Gasteiger partial charge on any atom is 0.245 e. The molecule has 9 rings (SSSR count). The highest BCUT2D eigenvalue weighted by atomic mass is 16.5. The molecule has 3 aliphatic heterocycles. The quantitative estimate of drug-likeness (QED) is 0.106. The molecular formula is C43H39N7O5. The number of ether oxygens (including phenoxy) is 1. The number of anilines is 2. The van der Waals surface area contributed by atoms with Gasteiger partial charge in [0.2, 0.25) is 17.2 Å². The van der Waals surface area contributed by atoms with Crippen molar-refractivity contribution in [3.8, 4) is 28.3 Å². The molecule has 1 aliphatic carbocycles. The van der Waals surface area contributed by atoms with E-state index >= 15 is 0 Å². The number of carboxylic acid groups (broad SMARTS) is 1. The van der Waals surface area contributed by atoms with E-state index in [0.717, 1.165) is 85.0 Å². The highest BCUT2D eigenvalue weighted by Gasteiger charge is 2.24. The van der Waals surface area contributed by atoms with Gasteiger partial charge < -0.3 is 34.7 Å². The van der Waals surface area contributed by atoms with E-state index in [4.69, 9.17) is 14.9 Å². The molecule has 12 heteroatoms. The van der Waals surface area contributed by atoms with Gasteiger partial charge in [0.05, 0.1) is 18.4 Å². The minimum atomic E-state index is -1.31. The highest BCUT2D eigenvalue weighted by molar-refractivity contribution is 6.09. The number of nitrogens with one attached hydrogen (secondary N) is 1. The van der Waals surface area contributed by atoms with Crippen molar-refractivity contribution in [3.05, 3.63) is 113 Å². The van der Waals surface area contributed by atoms with E-state index in [1.54, 1.807) is 12.1 Å². The van der Waals surface area contributed by atoms with Crippen molar-refractivity contribution >= 4 is 45.5 Å². The van der Waals surface area contributed by atoms with Gasteiger partial charge in [0.1, 0.15) is 36.6 Å². The van der Waals surface area contributed by atoms with Gasteiger partial charge in [-0.05, 0) is 60.2 Å². The molecule has 0 atom stereocenters. The number of Topliss-reactive ketones (excluding diaryl/α,β-unsaturated/α-hetero) is 1. The highest BCUT2D eigenvalue weighted by Crippen LogP contribution is 2.42. The Morgan fingerprint density at radius 3 is 2.49 bits per heavy atom. The number of H-pyrrole nitrogens is 1. The third-order valence-corrected chi connectivity index (χ3v) is 10.8. The number of aryl methyl sites for hydroxylation is 1. The Kier molecular flexibility index (Phi) is 8.93. The van der Waals surface area contributed by atoms with E-state index in [0.29, 0.717) is 51.5 Å². The number of rotatable bonds is 10. The minimum absolute atomic E-state index is 0.0216. The number of hydrogen-bond donors (Lipinski definition) is 2. The fourth-order valence-corrected chi connectivity index (χ4v) is 7.89. The van der Waals surface area contributed by atoms with Gasteiger partial charge in [-0.3, -0.25) is 4.79 Å². The first-order valence-corrected chi connectivity index (χ1v) is 18.8. The van der Waals surface area contributed by atoms with Crippen molar-refractivity contribution in [2.45, 2.75) is 45.1 Å². The van der Waals surface area contributed by atoms with Crippen LogP contribution in [-0.2, 0) is 13.0 Å². The summed E-state index contributed by atoms with van der Waals surface area (Å²) < 4.78 is 14.9. The summed E-state index contributed by atoms with van der Waals surface area (Å²) in [5.74, 6) is -0.334. The number of ketones is 1. The summed E-state index contributed by atoms with van der Waals surface area (Å²) in [6.45, 7) is 4.19. The third kappa shape index (κ3) is 6.75. The number of aromatic carboxylic acids is 1. The van der Waals surface area contributed by atoms with Gasteiger partial charge in [-0.2, -0.15) is 9.97 Å². The summed E-state index contributed by atoms with van der Waals surface area (Å²) >= 11 is 0. The molecule has 12 nitrogen and oxygen atoms in total. The van der Waals surface area contributed by atoms with Crippen LogP contribution < -0.4 is 30.4 Å². The zero-order chi connectivity index (χ0) is 37.5. The molecule has 0 radical (unpaired) electrons. The van der Waals surface area contributed by atoms with Gasteiger partial charge in [-0.25, -0.2) is 9.56 Å². The predicted octanol–water partition coefficient (Wildman–Crippen LogP) is 5.38. The Hall–Kier alpha value is -6.56. The van der Waals surface area contributed by atoms with Crippen molar-refractivity contribution in [1.82, 2.24) is 24.5 Å². The second-order valence-electron chi connectivity index (χ2n) is 14.3. The number of nitrogens with zero attached hydrogens (tertiary/aromatic N) is 5. The van der Waals surface area contributed by atoms with Crippen molar-refractivity contribution in [2.24, 2.45) is 0 Å². The van der Waals surface area contributed by atoms with Crippen LogP contribution in [-0.4, -0.2) is 57.9 Å².